The molecule has 0 saturated carbocycles. The highest BCUT2D eigenvalue weighted by Crippen LogP contribution is 2.20. The van der Waals surface area contributed by atoms with Crippen LogP contribution in [0, 0.1) is 0 Å². The summed E-state index contributed by atoms with van der Waals surface area (Å²) in [6.07, 6.45) is 1.54. The van der Waals surface area contributed by atoms with E-state index in [0.29, 0.717) is 17.4 Å². The zero-order valence-corrected chi connectivity index (χ0v) is 12.3. The molecule has 0 bridgehead atoms. The molecule has 0 fully saturated rings. The van der Waals surface area contributed by atoms with E-state index < -0.39 is 0 Å². The monoisotopic (exact) mass is 302 g/mol. The molecule has 0 aromatic heterocycles. The number of benzene rings is 2. The minimum atomic E-state index is -0.222. The van der Waals surface area contributed by atoms with Crippen LogP contribution in [0.4, 0.5) is 0 Å². The average molecular weight is 303 g/mol. The molecule has 0 saturated heterocycles. The van der Waals surface area contributed by atoms with Gasteiger partial charge in [0.1, 0.15) is 12.4 Å². The molecule has 21 heavy (non-hydrogen) atoms. The predicted octanol–water partition coefficient (Wildman–Crippen LogP) is 3.39. The molecule has 4 nitrogen and oxygen atoms in total. The second-order valence-electron chi connectivity index (χ2n) is 4.34. The van der Waals surface area contributed by atoms with Crippen molar-refractivity contribution in [3.63, 3.8) is 0 Å². The molecular weight excluding hydrogens is 288 g/mol. The number of halogens is 1. The lowest BCUT2D eigenvalue weighted by atomic mass is 10.2. The lowest BCUT2D eigenvalue weighted by molar-refractivity contribution is -0.118. The fourth-order valence-electron chi connectivity index (χ4n) is 1.68. The van der Waals surface area contributed by atoms with E-state index in [9.17, 15) is 4.79 Å². The number of rotatable bonds is 5. The molecule has 0 atom stereocenters. The number of carbonyl (C=O) groups is 1. The number of nitrogens with one attached hydrogen (secondary N) is 1. The van der Waals surface area contributed by atoms with Gasteiger partial charge in [0.15, 0.2) is 0 Å². The van der Waals surface area contributed by atoms with Crippen LogP contribution < -0.4 is 10.2 Å². The molecule has 5 heteroatoms. The van der Waals surface area contributed by atoms with Crippen molar-refractivity contribution >= 4 is 23.7 Å². The number of para-hydroxylation sites is 1. The van der Waals surface area contributed by atoms with Crippen molar-refractivity contribution in [2.45, 2.75) is 13.5 Å². The second kappa shape index (κ2) is 7.45. The molecule has 0 aliphatic heterocycles. The van der Waals surface area contributed by atoms with E-state index in [-0.39, 0.29) is 5.91 Å². The molecule has 0 unspecified atom stereocenters. The van der Waals surface area contributed by atoms with Crippen molar-refractivity contribution in [3.8, 4) is 5.75 Å². The third-order valence-electron chi connectivity index (χ3n) is 2.69. The van der Waals surface area contributed by atoms with Gasteiger partial charge in [-0.05, 0) is 18.2 Å². The highest BCUT2D eigenvalue weighted by Gasteiger charge is 2.03. The van der Waals surface area contributed by atoms with Crippen LogP contribution in [0.1, 0.15) is 18.1 Å². The van der Waals surface area contributed by atoms with Crippen molar-refractivity contribution < 1.29 is 9.53 Å². The average Bonchev–Trinajstić information content (AvgIpc) is 2.47. The van der Waals surface area contributed by atoms with Crippen molar-refractivity contribution in [2.24, 2.45) is 5.10 Å². The maximum atomic E-state index is 10.8. The van der Waals surface area contributed by atoms with E-state index in [1.807, 2.05) is 48.5 Å². The second-order valence-corrected chi connectivity index (χ2v) is 4.75. The molecule has 0 spiro atoms. The van der Waals surface area contributed by atoms with Crippen LogP contribution in [0.25, 0.3) is 0 Å². The first-order valence-electron chi connectivity index (χ1n) is 6.41. The van der Waals surface area contributed by atoms with Gasteiger partial charge in [0.05, 0.1) is 6.21 Å². The molecule has 2 aromatic rings. The Morgan fingerprint density at radius 3 is 2.71 bits per heavy atom. The quantitative estimate of drug-likeness (QED) is 0.680. The van der Waals surface area contributed by atoms with Crippen molar-refractivity contribution in [3.05, 3.63) is 64.7 Å². The number of nitrogens with zero attached hydrogens (tertiary/aromatic N) is 1. The predicted molar refractivity (Wildman–Crippen MR) is 83.6 cm³/mol. The van der Waals surface area contributed by atoms with Crippen molar-refractivity contribution in [2.75, 3.05) is 0 Å². The summed E-state index contributed by atoms with van der Waals surface area (Å²) in [7, 11) is 0. The van der Waals surface area contributed by atoms with Crippen LogP contribution in [-0.2, 0) is 11.4 Å². The van der Waals surface area contributed by atoms with Gasteiger partial charge in [0.25, 0.3) is 0 Å². The summed E-state index contributed by atoms with van der Waals surface area (Å²) < 4.78 is 5.77. The van der Waals surface area contributed by atoms with Crippen LogP contribution in [0.5, 0.6) is 5.75 Å². The normalized spacial score (nSPS) is 10.6. The molecule has 0 radical (unpaired) electrons. The molecule has 2 rings (SSSR count). The lowest BCUT2D eigenvalue weighted by Crippen LogP contribution is -2.12. The van der Waals surface area contributed by atoms with Gasteiger partial charge in [0.2, 0.25) is 5.91 Å². The van der Waals surface area contributed by atoms with Crippen LogP contribution >= 0.6 is 11.6 Å². The van der Waals surface area contributed by atoms with Gasteiger partial charge in [-0.2, -0.15) is 5.10 Å². The Morgan fingerprint density at radius 2 is 1.95 bits per heavy atom. The van der Waals surface area contributed by atoms with Crippen LogP contribution in [-0.4, -0.2) is 12.1 Å². The van der Waals surface area contributed by atoms with Gasteiger partial charge in [0, 0.05) is 23.1 Å². The maximum Gasteiger partial charge on any atom is 0.236 e. The topological polar surface area (TPSA) is 50.7 Å². The minimum Gasteiger partial charge on any atom is -0.488 e. The summed E-state index contributed by atoms with van der Waals surface area (Å²) in [4.78, 5) is 10.8. The highest BCUT2D eigenvalue weighted by atomic mass is 35.5. The van der Waals surface area contributed by atoms with Crippen LogP contribution in [0.3, 0.4) is 0 Å². The fourth-order valence-corrected chi connectivity index (χ4v) is 1.87. The maximum absolute atomic E-state index is 10.8. The largest absolute Gasteiger partial charge is 0.488 e. The third kappa shape index (κ3) is 4.61. The van der Waals surface area contributed by atoms with Gasteiger partial charge in [-0.3, -0.25) is 4.79 Å². The van der Waals surface area contributed by atoms with Crippen molar-refractivity contribution in [1.82, 2.24) is 5.43 Å². The number of hydrogen-bond acceptors (Lipinski definition) is 3. The Bertz CT molecular complexity index is 656. The van der Waals surface area contributed by atoms with Gasteiger partial charge >= 0.3 is 0 Å². The molecule has 0 aliphatic rings. The molecule has 0 aliphatic carbocycles. The summed E-state index contributed by atoms with van der Waals surface area (Å²) in [5, 5.41) is 4.51. The Labute approximate surface area is 128 Å². The minimum absolute atomic E-state index is 0.222. The Kier molecular flexibility index (Phi) is 5.35. The summed E-state index contributed by atoms with van der Waals surface area (Å²) >= 11 is 6.09. The Morgan fingerprint density at radius 1 is 1.24 bits per heavy atom. The molecular formula is C16H15ClN2O2. The van der Waals surface area contributed by atoms with Gasteiger partial charge in [-0.25, -0.2) is 5.43 Å². The van der Waals surface area contributed by atoms with E-state index in [2.05, 4.69) is 10.5 Å². The van der Waals surface area contributed by atoms with Crippen LogP contribution in [0.15, 0.2) is 53.6 Å². The molecule has 1 N–H and O–H groups in total. The number of hydrazone groups is 1. The van der Waals surface area contributed by atoms with E-state index >= 15 is 0 Å². The molecule has 2 aromatic carbocycles. The molecule has 0 heterocycles. The summed E-state index contributed by atoms with van der Waals surface area (Å²) in [5.41, 5.74) is 4.04. The molecule has 108 valence electrons. The number of ether oxygens (including phenoxy) is 1. The smallest absolute Gasteiger partial charge is 0.236 e. The summed E-state index contributed by atoms with van der Waals surface area (Å²) in [6, 6.07) is 15.0. The zero-order chi connectivity index (χ0) is 15.1. The molecule has 1 amide bonds. The van der Waals surface area contributed by atoms with Gasteiger partial charge < -0.3 is 4.74 Å². The van der Waals surface area contributed by atoms with Gasteiger partial charge in [-0.15, -0.1) is 0 Å². The first kappa shape index (κ1) is 15.1. The highest BCUT2D eigenvalue weighted by molar-refractivity contribution is 6.31. The fraction of sp³-hybridized carbons (Fsp3) is 0.125. The standard InChI is InChI=1S/C16H15ClN2O2/c1-12(20)19-18-10-13-6-3-5-9-16(13)21-11-14-7-2-4-8-15(14)17/h2-10H,11H2,1H3,(H,19,20)/b18-10+. The zero-order valence-electron chi connectivity index (χ0n) is 11.5. The summed E-state index contributed by atoms with van der Waals surface area (Å²) in [6.45, 7) is 1.77. The van der Waals surface area contributed by atoms with Gasteiger partial charge in [-0.1, -0.05) is 41.9 Å². The first-order valence-corrected chi connectivity index (χ1v) is 6.79. The third-order valence-corrected chi connectivity index (χ3v) is 3.05. The number of amides is 1. The Hall–Kier alpha value is -2.33. The number of hydrogen-bond donors (Lipinski definition) is 1. The SMILES string of the molecule is CC(=O)N/N=C/c1ccccc1OCc1ccccc1Cl. The Balaban J connectivity index is 2.08. The number of carbonyl (C=O) groups excluding carboxylic acids is 1. The first-order chi connectivity index (χ1) is 10.2. The summed E-state index contributed by atoms with van der Waals surface area (Å²) in [5.74, 6) is 0.451. The lowest BCUT2D eigenvalue weighted by Gasteiger charge is -2.10. The van der Waals surface area contributed by atoms with Crippen LogP contribution in [0.2, 0.25) is 5.02 Å². The van der Waals surface area contributed by atoms with E-state index in [1.165, 1.54) is 6.92 Å². The van der Waals surface area contributed by atoms with E-state index in [1.54, 1.807) is 6.21 Å². The van der Waals surface area contributed by atoms with E-state index in [0.717, 1.165) is 11.1 Å². The van der Waals surface area contributed by atoms with E-state index in [4.69, 9.17) is 16.3 Å². The van der Waals surface area contributed by atoms with Crippen molar-refractivity contribution in [1.29, 1.82) is 0 Å².